The van der Waals surface area contributed by atoms with Gasteiger partial charge in [-0.2, -0.15) is 0 Å². The lowest BCUT2D eigenvalue weighted by Gasteiger charge is -2.31. The first-order valence-corrected chi connectivity index (χ1v) is 7.64. The molecule has 0 rings (SSSR count). The molecule has 0 amide bonds. The van der Waals surface area contributed by atoms with Gasteiger partial charge in [-0.3, -0.25) is 0 Å². The first-order chi connectivity index (χ1) is 8.19. The van der Waals surface area contributed by atoms with Crippen molar-refractivity contribution in [3.63, 3.8) is 0 Å². The van der Waals surface area contributed by atoms with Gasteiger partial charge in [0.1, 0.15) is 0 Å². The standard InChI is InChI=1S/C15H34N2/c1-6-11-16-12-10-14(5)17(9-4)13-15(7-2)8-3/h14-16H,6-13H2,1-5H3. The summed E-state index contributed by atoms with van der Waals surface area (Å²) in [5.41, 5.74) is 0. The van der Waals surface area contributed by atoms with Gasteiger partial charge in [-0.15, -0.1) is 0 Å². The summed E-state index contributed by atoms with van der Waals surface area (Å²) in [7, 11) is 0. The van der Waals surface area contributed by atoms with Crippen molar-refractivity contribution in [1.82, 2.24) is 10.2 Å². The van der Waals surface area contributed by atoms with Crippen molar-refractivity contribution in [2.45, 2.75) is 66.3 Å². The van der Waals surface area contributed by atoms with Crippen molar-refractivity contribution >= 4 is 0 Å². The van der Waals surface area contributed by atoms with Crippen molar-refractivity contribution < 1.29 is 0 Å². The van der Waals surface area contributed by atoms with Crippen LogP contribution in [-0.2, 0) is 0 Å². The van der Waals surface area contributed by atoms with Crippen molar-refractivity contribution in [2.24, 2.45) is 5.92 Å². The van der Waals surface area contributed by atoms with E-state index in [-0.39, 0.29) is 0 Å². The molecule has 1 atom stereocenters. The maximum absolute atomic E-state index is 3.50. The van der Waals surface area contributed by atoms with Crippen molar-refractivity contribution in [2.75, 3.05) is 26.2 Å². The molecule has 0 aliphatic heterocycles. The highest BCUT2D eigenvalue weighted by Crippen LogP contribution is 2.13. The molecule has 0 saturated carbocycles. The normalized spacial score (nSPS) is 13.6. The minimum atomic E-state index is 0.713. The highest BCUT2D eigenvalue weighted by atomic mass is 15.1. The van der Waals surface area contributed by atoms with Crippen LogP contribution in [0.2, 0.25) is 0 Å². The van der Waals surface area contributed by atoms with Crippen LogP contribution in [-0.4, -0.2) is 37.1 Å². The zero-order chi connectivity index (χ0) is 13.1. The number of nitrogens with one attached hydrogen (secondary N) is 1. The third-order valence-electron chi connectivity index (χ3n) is 3.84. The second kappa shape index (κ2) is 11.0. The zero-order valence-electron chi connectivity index (χ0n) is 12.8. The van der Waals surface area contributed by atoms with Crippen LogP contribution in [0.3, 0.4) is 0 Å². The molecule has 0 radical (unpaired) electrons. The molecule has 0 bridgehead atoms. The van der Waals surface area contributed by atoms with E-state index < -0.39 is 0 Å². The monoisotopic (exact) mass is 242 g/mol. The minimum absolute atomic E-state index is 0.713. The van der Waals surface area contributed by atoms with E-state index in [1.165, 1.54) is 38.8 Å². The average molecular weight is 242 g/mol. The molecule has 2 nitrogen and oxygen atoms in total. The number of nitrogens with zero attached hydrogens (tertiary/aromatic N) is 1. The first kappa shape index (κ1) is 16.9. The van der Waals surface area contributed by atoms with Gasteiger partial charge in [-0.05, 0) is 45.3 Å². The van der Waals surface area contributed by atoms with Gasteiger partial charge < -0.3 is 10.2 Å². The van der Waals surface area contributed by atoms with E-state index in [9.17, 15) is 0 Å². The van der Waals surface area contributed by atoms with E-state index in [4.69, 9.17) is 0 Å². The van der Waals surface area contributed by atoms with Crippen molar-refractivity contribution in [3.8, 4) is 0 Å². The van der Waals surface area contributed by atoms with Gasteiger partial charge in [-0.1, -0.05) is 40.5 Å². The molecule has 0 aromatic carbocycles. The van der Waals surface area contributed by atoms with E-state index in [1.54, 1.807) is 0 Å². The first-order valence-electron chi connectivity index (χ1n) is 7.64. The molecule has 0 aliphatic rings. The third-order valence-corrected chi connectivity index (χ3v) is 3.84. The number of hydrogen-bond acceptors (Lipinski definition) is 2. The second-order valence-corrected chi connectivity index (χ2v) is 5.16. The topological polar surface area (TPSA) is 15.3 Å². The van der Waals surface area contributed by atoms with Crippen LogP contribution in [0.4, 0.5) is 0 Å². The Morgan fingerprint density at radius 3 is 2.12 bits per heavy atom. The lowest BCUT2D eigenvalue weighted by molar-refractivity contribution is 0.173. The van der Waals surface area contributed by atoms with E-state index in [1.807, 2.05) is 0 Å². The van der Waals surface area contributed by atoms with E-state index in [0.717, 1.165) is 19.0 Å². The summed E-state index contributed by atoms with van der Waals surface area (Å²) >= 11 is 0. The maximum atomic E-state index is 3.50. The van der Waals surface area contributed by atoms with Gasteiger partial charge >= 0.3 is 0 Å². The van der Waals surface area contributed by atoms with Crippen LogP contribution < -0.4 is 5.32 Å². The highest BCUT2D eigenvalue weighted by molar-refractivity contribution is 4.70. The Kier molecular flexibility index (Phi) is 11.0. The predicted molar refractivity (Wildman–Crippen MR) is 78.6 cm³/mol. The Labute approximate surface area is 109 Å². The molecule has 17 heavy (non-hydrogen) atoms. The molecule has 0 heterocycles. The van der Waals surface area contributed by atoms with Gasteiger partial charge in [-0.25, -0.2) is 0 Å². The Bertz CT molecular complexity index is 155. The van der Waals surface area contributed by atoms with Gasteiger partial charge in [0.2, 0.25) is 0 Å². The summed E-state index contributed by atoms with van der Waals surface area (Å²) in [5, 5.41) is 3.50. The summed E-state index contributed by atoms with van der Waals surface area (Å²) in [6, 6.07) is 0.713. The Morgan fingerprint density at radius 2 is 1.65 bits per heavy atom. The molecule has 2 heteroatoms. The van der Waals surface area contributed by atoms with Gasteiger partial charge in [0.15, 0.2) is 0 Å². The molecule has 0 spiro atoms. The van der Waals surface area contributed by atoms with E-state index in [2.05, 4.69) is 44.8 Å². The summed E-state index contributed by atoms with van der Waals surface area (Å²) in [6.45, 7) is 16.3. The van der Waals surface area contributed by atoms with Crippen LogP contribution in [0.15, 0.2) is 0 Å². The predicted octanol–water partition coefficient (Wildman–Crippen LogP) is 3.52. The van der Waals surface area contributed by atoms with E-state index in [0.29, 0.717) is 6.04 Å². The third kappa shape index (κ3) is 7.77. The largest absolute Gasteiger partial charge is 0.317 e. The van der Waals surface area contributed by atoms with Crippen molar-refractivity contribution in [3.05, 3.63) is 0 Å². The van der Waals surface area contributed by atoms with Gasteiger partial charge in [0, 0.05) is 12.6 Å². The summed E-state index contributed by atoms with van der Waals surface area (Å²) in [6.07, 6.45) is 5.13. The summed E-state index contributed by atoms with van der Waals surface area (Å²) in [5.74, 6) is 0.876. The van der Waals surface area contributed by atoms with Crippen molar-refractivity contribution in [1.29, 1.82) is 0 Å². The van der Waals surface area contributed by atoms with Crippen LogP contribution in [0.1, 0.15) is 60.3 Å². The maximum Gasteiger partial charge on any atom is 0.00790 e. The van der Waals surface area contributed by atoms with Crippen LogP contribution in [0, 0.1) is 5.92 Å². The molecule has 0 saturated heterocycles. The quantitative estimate of drug-likeness (QED) is 0.558. The fraction of sp³-hybridized carbons (Fsp3) is 1.00. The lowest BCUT2D eigenvalue weighted by Crippen LogP contribution is -2.38. The SMILES string of the molecule is CCCNCCC(C)N(CC)CC(CC)CC. The fourth-order valence-electron chi connectivity index (χ4n) is 2.29. The van der Waals surface area contributed by atoms with Gasteiger partial charge in [0.25, 0.3) is 0 Å². The number of rotatable bonds is 11. The number of hydrogen-bond donors (Lipinski definition) is 1. The molecule has 0 fully saturated rings. The average Bonchev–Trinajstić information content (AvgIpc) is 2.36. The molecule has 1 N–H and O–H groups in total. The Morgan fingerprint density at radius 1 is 1.00 bits per heavy atom. The molecule has 1 unspecified atom stereocenters. The summed E-state index contributed by atoms with van der Waals surface area (Å²) in [4.78, 5) is 2.64. The van der Waals surface area contributed by atoms with Crippen LogP contribution in [0.25, 0.3) is 0 Å². The molecule has 104 valence electrons. The lowest BCUT2D eigenvalue weighted by atomic mass is 10.0. The summed E-state index contributed by atoms with van der Waals surface area (Å²) < 4.78 is 0. The zero-order valence-corrected chi connectivity index (χ0v) is 12.8. The van der Waals surface area contributed by atoms with Crippen LogP contribution in [0.5, 0.6) is 0 Å². The highest BCUT2D eigenvalue weighted by Gasteiger charge is 2.15. The molecular weight excluding hydrogens is 208 g/mol. The smallest absolute Gasteiger partial charge is 0.00790 e. The second-order valence-electron chi connectivity index (χ2n) is 5.16. The van der Waals surface area contributed by atoms with Crippen LogP contribution >= 0.6 is 0 Å². The van der Waals surface area contributed by atoms with E-state index >= 15 is 0 Å². The molecule has 0 aliphatic carbocycles. The molecule has 0 aromatic rings. The minimum Gasteiger partial charge on any atom is -0.317 e. The molecule has 0 aromatic heterocycles. The fourth-order valence-corrected chi connectivity index (χ4v) is 2.29. The van der Waals surface area contributed by atoms with Gasteiger partial charge in [0.05, 0.1) is 0 Å². The Hall–Kier alpha value is -0.0800. The Balaban J connectivity index is 3.89. The molecular formula is C15H34N2.